The summed E-state index contributed by atoms with van der Waals surface area (Å²) in [6.07, 6.45) is 0. The molecule has 1 aromatic heterocycles. The van der Waals surface area contributed by atoms with Crippen molar-refractivity contribution in [3.8, 4) is 0 Å². The summed E-state index contributed by atoms with van der Waals surface area (Å²) >= 11 is 4.93. The number of thiophene rings is 1. The monoisotopic (exact) mass is 311 g/mol. The Balaban J connectivity index is 2.07. The van der Waals surface area contributed by atoms with Crippen LogP contribution in [0.4, 0.5) is 5.69 Å². The minimum atomic E-state index is -0.929. The predicted molar refractivity (Wildman–Crippen MR) is 72.7 cm³/mol. The van der Waals surface area contributed by atoms with Crippen LogP contribution >= 0.6 is 27.3 Å². The van der Waals surface area contributed by atoms with Crippen LogP contribution < -0.4 is 5.32 Å². The molecule has 1 heterocycles. The van der Waals surface area contributed by atoms with Gasteiger partial charge in [-0.05, 0) is 45.6 Å². The van der Waals surface area contributed by atoms with E-state index >= 15 is 0 Å². The molecule has 1 aromatic carbocycles. The molecule has 0 aliphatic heterocycles. The number of halogens is 1. The summed E-state index contributed by atoms with van der Waals surface area (Å²) in [6.45, 7) is 0.747. The minimum Gasteiger partial charge on any atom is -0.478 e. The fraction of sp³-hybridized carbons (Fsp3) is 0.0833. The van der Waals surface area contributed by atoms with Crippen molar-refractivity contribution < 1.29 is 9.90 Å². The summed E-state index contributed by atoms with van der Waals surface area (Å²) < 4.78 is 0.584. The van der Waals surface area contributed by atoms with Gasteiger partial charge in [-0.15, -0.1) is 11.3 Å². The zero-order valence-corrected chi connectivity index (χ0v) is 11.2. The highest BCUT2D eigenvalue weighted by Crippen LogP contribution is 2.22. The number of benzene rings is 1. The number of aromatic carboxylic acids is 1. The highest BCUT2D eigenvalue weighted by Gasteiger charge is 2.08. The van der Waals surface area contributed by atoms with E-state index in [2.05, 4.69) is 27.3 Å². The zero-order valence-electron chi connectivity index (χ0n) is 8.81. The standard InChI is InChI=1S/C12H10BrNO2S/c13-11-6-8(3-4-10(11)12(15)16)14-7-9-2-1-5-17-9/h1-6,14H,7H2,(H,15,16). The molecule has 3 nitrogen and oxygen atoms in total. The maximum absolute atomic E-state index is 10.8. The number of carboxylic acids is 1. The van der Waals surface area contributed by atoms with Crippen LogP contribution in [0.15, 0.2) is 40.2 Å². The van der Waals surface area contributed by atoms with Crippen molar-refractivity contribution in [2.45, 2.75) is 6.54 Å². The van der Waals surface area contributed by atoms with E-state index in [0.717, 1.165) is 12.2 Å². The number of anilines is 1. The summed E-state index contributed by atoms with van der Waals surface area (Å²) in [7, 11) is 0. The molecule has 17 heavy (non-hydrogen) atoms. The Kier molecular flexibility index (Phi) is 3.81. The Labute approximate surface area is 111 Å². The third kappa shape index (κ3) is 3.08. The lowest BCUT2D eigenvalue weighted by molar-refractivity contribution is 0.0696. The van der Waals surface area contributed by atoms with Gasteiger partial charge >= 0.3 is 5.97 Å². The molecular weight excluding hydrogens is 302 g/mol. The van der Waals surface area contributed by atoms with Crippen LogP contribution in [0, 0.1) is 0 Å². The van der Waals surface area contributed by atoms with Crippen LogP contribution in [-0.4, -0.2) is 11.1 Å². The van der Waals surface area contributed by atoms with E-state index in [1.54, 1.807) is 29.5 Å². The molecule has 0 aliphatic carbocycles. The van der Waals surface area contributed by atoms with Crippen molar-refractivity contribution in [2.75, 3.05) is 5.32 Å². The second-order valence-electron chi connectivity index (χ2n) is 3.43. The summed E-state index contributed by atoms with van der Waals surface area (Å²) in [6, 6.07) is 9.19. The molecule has 5 heteroatoms. The van der Waals surface area contributed by atoms with Crippen LogP contribution in [0.2, 0.25) is 0 Å². The molecule has 0 saturated heterocycles. The van der Waals surface area contributed by atoms with Gasteiger partial charge in [0.1, 0.15) is 0 Å². The van der Waals surface area contributed by atoms with Crippen LogP contribution in [0.1, 0.15) is 15.2 Å². The number of hydrogen-bond acceptors (Lipinski definition) is 3. The van der Waals surface area contributed by atoms with Gasteiger partial charge in [-0.25, -0.2) is 4.79 Å². The summed E-state index contributed by atoms with van der Waals surface area (Å²) in [4.78, 5) is 12.1. The highest BCUT2D eigenvalue weighted by molar-refractivity contribution is 9.10. The van der Waals surface area contributed by atoms with E-state index in [-0.39, 0.29) is 5.56 Å². The third-order valence-electron chi connectivity index (χ3n) is 2.25. The molecule has 0 atom stereocenters. The maximum atomic E-state index is 10.8. The molecule has 2 aromatic rings. The minimum absolute atomic E-state index is 0.270. The van der Waals surface area contributed by atoms with E-state index in [1.165, 1.54) is 4.88 Å². The Morgan fingerprint density at radius 3 is 2.82 bits per heavy atom. The largest absolute Gasteiger partial charge is 0.478 e. The van der Waals surface area contributed by atoms with Gasteiger partial charge < -0.3 is 10.4 Å². The number of carboxylic acid groups (broad SMARTS) is 1. The number of carbonyl (C=O) groups is 1. The van der Waals surface area contributed by atoms with Crippen molar-refractivity contribution in [3.63, 3.8) is 0 Å². The smallest absolute Gasteiger partial charge is 0.336 e. The molecule has 0 spiro atoms. The SMILES string of the molecule is O=C(O)c1ccc(NCc2cccs2)cc1Br. The average Bonchev–Trinajstić information content (AvgIpc) is 2.78. The first-order valence-electron chi connectivity index (χ1n) is 4.96. The van der Waals surface area contributed by atoms with E-state index in [1.807, 2.05) is 11.4 Å². The quantitative estimate of drug-likeness (QED) is 0.902. The third-order valence-corrected chi connectivity index (χ3v) is 3.78. The lowest BCUT2D eigenvalue weighted by atomic mass is 10.2. The van der Waals surface area contributed by atoms with Gasteiger partial charge in [0.25, 0.3) is 0 Å². The highest BCUT2D eigenvalue weighted by atomic mass is 79.9. The molecule has 88 valence electrons. The zero-order chi connectivity index (χ0) is 12.3. The molecule has 0 unspecified atom stereocenters. The summed E-state index contributed by atoms with van der Waals surface area (Å²) in [5.74, 6) is -0.929. The van der Waals surface area contributed by atoms with Crippen LogP contribution in [0.3, 0.4) is 0 Å². The fourth-order valence-corrected chi connectivity index (χ4v) is 2.59. The maximum Gasteiger partial charge on any atom is 0.336 e. The molecule has 2 rings (SSSR count). The van der Waals surface area contributed by atoms with Crippen molar-refractivity contribution in [1.82, 2.24) is 0 Å². The van der Waals surface area contributed by atoms with Gasteiger partial charge in [0.15, 0.2) is 0 Å². The van der Waals surface area contributed by atoms with Crippen molar-refractivity contribution in [3.05, 3.63) is 50.6 Å². The molecule has 0 fully saturated rings. The first-order chi connectivity index (χ1) is 8.16. The molecule has 0 saturated carbocycles. The van der Waals surface area contributed by atoms with E-state index in [4.69, 9.17) is 5.11 Å². The second kappa shape index (κ2) is 5.33. The number of hydrogen-bond donors (Lipinski definition) is 2. The van der Waals surface area contributed by atoms with Gasteiger partial charge in [-0.2, -0.15) is 0 Å². The lowest BCUT2D eigenvalue weighted by Crippen LogP contribution is -2.01. The van der Waals surface area contributed by atoms with Crippen LogP contribution in [0.25, 0.3) is 0 Å². The van der Waals surface area contributed by atoms with Gasteiger partial charge in [0.05, 0.1) is 5.56 Å². The van der Waals surface area contributed by atoms with Crippen LogP contribution in [-0.2, 0) is 6.54 Å². The van der Waals surface area contributed by atoms with Crippen molar-refractivity contribution in [2.24, 2.45) is 0 Å². The van der Waals surface area contributed by atoms with Gasteiger partial charge in [-0.3, -0.25) is 0 Å². The Hall–Kier alpha value is -1.33. The van der Waals surface area contributed by atoms with E-state index in [0.29, 0.717) is 4.47 Å². The number of rotatable bonds is 4. The van der Waals surface area contributed by atoms with E-state index in [9.17, 15) is 4.79 Å². The Morgan fingerprint density at radius 2 is 2.24 bits per heavy atom. The number of nitrogens with one attached hydrogen (secondary N) is 1. The van der Waals surface area contributed by atoms with Crippen LogP contribution in [0.5, 0.6) is 0 Å². The Bertz CT molecular complexity index is 525. The summed E-state index contributed by atoms with van der Waals surface area (Å²) in [5.41, 5.74) is 1.17. The first kappa shape index (κ1) is 12.1. The van der Waals surface area contributed by atoms with Crippen molar-refractivity contribution in [1.29, 1.82) is 0 Å². The normalized spacial score (nSPS) is 10.2. The molecule has 0 bridgehead atoms. The first-order valence-corrected chi connectivity index (χ1v) is 6.63. The topological polar surface area (TPSA) is 49.3 Å². The molecule has 0 radical (unpaired) electrons. The molecule has 0 amide bonds. The Morgan fingerprint density at radius 1 is 1.41 bits per heavy atom. The summed E-state index contributed by atoms with van der Waals surface area (Å²) in [5, 5.41) is 14.2. The second-order valence-corrected chi connectivity index (χ2v) is 5.32. The predicted octanol–water partition coefficient (Wildman–Crippen LogP) is 3.82. The molecular formula is C12H10BrNO2S. The van der Waals surface area contributed by atoms with Crippen molar-refractivity contribution >= 4 is 38.9 Å². The fourth-order valence-electron chi connectivity index (χ4n) is 1.40. The van der Waals surface area contributed by atoms with Gasteiger partial charge in [0, 0.05) is 21.6 Å². The van der Waals surface area contributed by atoms with Gasteiger partial charge in [-0.1, -0.05) is 6.07 Å². The average molecular weight is 312 g/mol. The molecule has 0 aliphatic rings. The van der Waals surface area contributed by atoms with Gasteiger partial charge in [0.2, 0.25) is 0 Å². The van der Waals surface area contributed by atoms with E-state index < -0.39 is 5.97 Å². The lowest BCUT2D eigenvalue weighted by Gasteiger charge is -2.06. The molecule has 2 N–H and O–H groups in total.